The maximum absolute atomic E-state index is 3.51. The van der Waals surface area contributed by atoms with Gasteiger partial charge in [-0.25, -0.2) is 0 Å². The minimum absolute atomic E-state index is 0.800. The maximum Gasteiger partial charge on any atom is 0.00191 e. The van der Waals surface area contributed by atoms with Crippen molar-refractivity contribution in [2.75, 3.05) is 53.4 Å². The minimum Gasteiger partial charge on any atom is -0.316 e. The summed E-state index contributed by atoms with van der Waals surface area (Å²) >= 11 is 0. The Morgan fingerprint density at radius 2 is 2.12 bits per heavy atom. The van der Waals surface area contributed by atoms with Crippen molar-refractivity contribution < 1.29 is 0 Å². The van der Waals surface area contributed by atoms with E-state index in [1.807, 2.05) is 0 Å². The van der Waals surface area contributed by atoms with E-state index in [-0.39, 0.29) is 0 Å². The number of nitrogens with zero attached hydrogens (tertiary/aromatic N) is 2. The lowest BCUT2D eigenvalue weighted by atomic mass is 10.1. The molecule has 0 aromatic heterocycles. The molecule has 0 radical (unpaired) electrons. The largest absolute Gasteiger partial charge is 0.316 e. The fraction of sp³-hybridized carbons (Fsp3) is 1.00. The molecule has 1 fully saturated rings. The minimum atomic E-state index is 0.800. The number of unbranched alkanes of at least 4 members (excludes halogenated alkanes) is 1. The van der Waals surface area contributed by atoms with E-state index in [2.05, 4.69) is 36.1 Å². The standard InChI is InChI=1S/C13H29N3/c1-13-11-14-7-6-10-16(12-13)9-5-4-8-15(2)3/h13-14H,4-12H2,1-3H3. The quantitative estimate of drug-likeness (QED) is 0.713. The van der Waals surface area contributed by atoms with E-state index in [0.29, 0.717) is 0 Å². The fourth-order valence-electron chi connectivity index (χ4n) is 2.34. The Bertz CT molecular complexity index is 171. The van der Waals surface area contributed by atoms with E-state index >= 15 is 0 Å². The Balaban J connectivity index is 2.12. The van der Waals surface area contributed by atoms with Gasteiger partial charge in [-0.2, -0.15) is 0 Å². The van der Waals surface area contributed by atoms with Crippen molar-refractivity contribution >= 4 is 0 Å². The van der Waals surface area contributed by atoms with Crippen molar-refractivity contribution in [3.05, 3.63) is 0 Å². The summed E-state index contributed by atoms with van der Waals surface area (Å²) in [6, 6.07) is 0. The third-order valence-electron chi connectivity index (χ3n) is 3.22. The van der Waals surface area contributed by atoms with Crippen LogP contribution in [0.25, 0.3) is 0 Å². The van der Waals surface area contributed by atoms with Crippen LogP contribution < -0.4 is 5.32 Å². The Kier molecular flexibility index (Phi) is 7.01. The highest BCUT2D eigenvalue weighted by Gasteiger charge is 2.12. The third kappa shape index (κ3) is 6.46. The SMILES string of the molecule is CC1CNCCCN(CCCCN(C)C)C1. The monoisotopic (exact) mass is 227 g/mol. The summed E-state index contributed by atoms with van der Waals surface area (Å²) < 4.78 is 0. The van der Waals surface area contributed by atoms with Crippen LogP contribution in [0.4, 0.5) is 0 Å². The highest BCUT2D eigenvalue weighted by Crippen LogP contribution is 2.05. The molecule has 16 heavy (non-hydrogen) atoms. The summed E-state index contributed by atoms with van der Waals surface area (Å²) in [6.45, 7) is 9.80. The van der Waals surface area contributed by atoms with Gasteiger partial charge in [0.15, 0.2) is 0 Å². The molecule has 1 aliphatic heterocycles. The number of rotatable bonds is 5. The summed E-state index contributed by atoms with van der Waals surface area (Å²) in [4.78, 5) is 4.93. The predicted octanol–water partition coefficient (Wildman–Crippen LogP) is 1.26. The molecule has 1 aliphatic rings. The van der Waals surface area contributed by atoms with E-state index in [1.54, 1.807) is 0 Å². The first-order chi connectivity index (χ1) is 7.68. The Labute approximate surface area is 101 Å². The van der Waals surface area contributed by atoms with Crippen LogP contribution in [0.2, 0.25) is 0 Å². The van der Waals surface area contributed by atoms with Crippen molar-refractivity contribution in [2.45, 2.75) is 26.2 Å². The highest BCUT2D eigenvalue weighted by atomic mass is 15.1. The number of hydrogen-bond acceptors (Lipinski definition) is 3. The van der Waals surface area contributed by atoms with Crippen LogP contribution in [0.3, 0.4) is 0 Å². The zero-order chi connectivity index (χ0) is 11.8. The van der Waals surface area contributed by atoms with E-state index in [0.717, 1.165) is 5.92 Å². The zero-order valence-corrected chi connectivity index (χ0v) is 11.3. The molecular formula is C13H29N3. The molecule has 0 aromatic carbocycles. The molecule has 1 heterocycles. The summed E-state index contributed by atoms with van der Waals surface area (Å²) in [7, 11) is 4.31. The molecule has 1 unspecified atom stereocenters. The lowest BCUT2D eigenvalue weighted by molar-refractivity contribution is 0.210. The second-order valence-corrected chi connectivity index (χ2v) is 5.47. The van der Waals surface area contributed by atoms with Crippen LogP contribution in [0.5, 0.6) is 0 Å². The van der Waals surface area contributed by atoms with Gasteiger partial charge in [0, 0.05) is 6.54 Å². The molecule has 0 spiro atoms. The smallest absolute Gasteiger partial charge is 0.00191 e. The molecule has 1 rings (SSSR count). The van der Waals surface area contributed by atoms with Crippen LogP contribution in [-0.2, 0) is 0 Å². The average Bonchev–Trinajstić information content (AvgIpc) is 2.19. The van der Waals surface area contributed by atoms with E-state index in [9.17, 15) is 0 Å². The van der Waals surface area contributed by atoms with Crippen LogP contribution in [-0.4, -0.2) is 63.2 Å². The molecule has 1 atom stereocenters. The predicted molar refractivity (Wildman–Crippen MR) is 70.9 cm³/mol. The van der Waals surface area contributed by atoms with Crippen molar-refractivity contribution in [2.24, 2.45) is 5.92 Å². The molecular weight excluding hydrogens is 198 g/mol. The summed E-state index contributed by atoms with van der Waals surface area (Å²) in [5, 5.41) is 3.51. The van der Waals surface area contributed by atoms with Gasteiger partial charge in [-0.15, -0.1) is 0 Å². The molecule has 0 aliphatic carbocycles. The first kappa shape index (κ1) is 13.9. The van der Waals surface area contributed by atoms with Crippen LogP contribution >= 0.6 is 0 Å². The number of nitrogens with one attached hydrogen (secondary N) is 1. The Morgan fingerprint density at radius 1 is 1.31 bits per heavy atom. The molecule has 0 amide bonds. The van der Waals surface area contributed by atoms with Crippen LogP contribution in [0.1, 0.15) is 26.2 Å². The van der Waals surface area contributed by atoms with Gasteiger partial charge < -0.3 is 15.1 Å². The zero-order valence-electron chi connectivity index (χ0n) is 11.3. The molecule has 3 heteroatoms. The molecule has 1 saturated heterocycles. The van der Waals surface area contributed by atoms with Crippen LogP contribution in [0, 0.1) is 5.92 Å². The van der Waals surface area contributed by atoms with E-state index in [1.165, 1.54) is 58.5 Å². The fourth-order valence-corrected chi connectivity index (χ4v) is 2.34. The first-order valence-electron chi connectivity index (χ1n) is 6.76. The second kappa shape index (κ2) is 8.04. The van der Waals surface area contributed by atoms with Crippen molar-refractivity contribution in [3.63, 3.8) is 0 Å². The molecule has 0 aromatic rings. The molecule has 1 N–H and O–H groups in total. The lowest BCUT2D eigenvalue weighted by Gasteiger charge is -2.28. The van der Waals surface area contributed by atoms with Gasteiger partial charge in [0.1, 0.15) is 0 Å². The Morgan fingerprint density at radius 3 is 2.88 bits per heavy atom. The van der Waals surface area contributed by atoms with Gasteiger partial charge in [0.25, 0.3) is 0 Å². The summed E-state index contributed by atoms with van der Waals surface area (Å²) in [5.41, 5.74) is 0. The average molecular weight is 227 g/mol. The summed E-state index contributed by atoms with van der Waals surface area (Å²) in [5.74, 6) is 0.800. The van der Waals surface area contributed by atoms with Gasteiger partial charge in [0.2, 0.25) is 0 Å². The van der Waals surface area contributed by atoms with Crippen molar-refractivity contribution in [3.8, 4) is 0 Å². The molecule has 0 saturated carbocycles. The van der Waals surface area contributed by atoms with Gasteiger partial charge in [0.05, 0.1) is 0 Å². The van der Waals surface area contributed by atoms with Gasteiger partial charge in [-0.1, -0.05) is 6.92 Å². The first-order valence-corrected chi connectivity index (χ1v) is 6.76. The summed E-state index contributed by atoms with van der Waals surface area (Å²) in [6.07, 6.45) is 3.98. The van der Waals surface area contributed by atoms with E-state index in [4.69, 9.17) is 0 Å². The van der Waals surface area contributed by atoms with Gasteiger partial charge in [-0.3, -0.25) is 0 Å². The van der Waals surface area contributed by atoms with E-state index < -0.39 is 0 Å². The Hall–Kier alpha value is -0.120. The molecule has 96 valence electrons. The maximum atomic E-state index is 3.51. The third-order valence-corrected chi connectivity index (χ3v) is 3.22. The van der Waals surface area contributed by atoms with Crippen LogP contribution in [0.15, 0.2) is 0 Å². The molecule has 0 bridgehead atoms. The molecule has 3 nitrogen and oxygen atoms in total. The lowest BCUT2D eigenvalue weighted by Crippen LogP contribution is -2.39. The second-order valence-electron chi connectivity index (χ2n) is 5.47. The number of hydrogen-bond donors (Lipinski definition) is 1. The van der Waals surface area contributed by atoms with Gasteiger partial charge in [-0.05, 0) is 72.0 Å². The van der Waals surface area contributed by atoms with Crippen molar-refractivity contribution in [1.82, 2.24) is 15.1 Å². The van der Waals surface area contributed by atoms with Crippen molar-refractivity contribution in [1.29, 1.82) is 0 Å². The normalized spacial score (nSPS) is 24.4. The topological polar surface area (TPSA) is 18.5 Å². The van der Waals surface area contributed by atoms with Gasteiger partial charge >= 0.3 is 0 Å². The highest BCUT2D eigenvalue weighted by molar-refractivity contribution is 4.69.